The molecule has 0 saturated heterocycles. The van der Waals surface area contributed by atoms with Gasteiger partial charge < -0.3 is 15.4 Å². The van der Waals surface area contributed by atoms with Crippen molar-refractivity contribution in [1.82, 2.24) is 10.6 Å². The molecule has 74 valence electrons. The third-order valence-electron chi connectivity index (χ3n) is 1.03. The van der Waals surface area contributed by atoms with Crippen LogP contribution >= 0.6 is 0 Å². The minimum absolute atomic E-state index is 0.132. The zero-order valence-electron chi connectivity index (χ0n) is 7.85. The molecule has 0 unspecified atom stereocenters. The maximum atomic E-state index is 10.9. The quantitative estimate of drug-likeness (QED) is 0.624. The topological polar surface area (TPSA) is 67.4 Å². The number of carbonyl (C=O) groups excluding carboxylic acids is 2. The molecule has 0 spiro atoms. The van der Waals surface area contributed by atoms with Crippen LogP contribution in [0.25, 0.3) is 0 Å². The molecule has 0 radical (unpaired) electrons. The third kappa shape index (κ3) is 6.86. The van der Waals surface area contributed by atoms with Crippen molar-refractivity contribution in [3.8, 4) is 0 Å². The van der Waals surface area contributed by atoms with Crippen molar-refractivity contribution in [2.45, 2.75) is 13.8 Å². The normalized spacial score (nSPS) is 8.77. The van der Waals surface area contributed by atoms with Gasteiger partial charge in [-0.25, -0.2) is 4.79 Å². The number of carbonyl (C=O) groups is 2. The number of nitrogens with one attached hydrogen (secondary N) is 2. The van der Waals surface area contributed by atoms with E-state index in [-0.39, 0.29) is 6.54 Å². The van der Waals surface area contributed by atoms with E-state index in [2.05, 4.69) is 21.9 Å². The molecular weight excluding hydrogens is 172 g/mol. The van der Waals surface area contributed by atoms with Crippen LogP contribution in [0.2, 0.25) is 0 Å². The largest absolute Gasteiger partial charge is 0.465 e. The van der Waals surface area contributed by atoms with Crippen molar-refractivity contribution >= 4 is 12.0 Å². The Labute approximate surface area is 77.1 Å². The molecule has 0 saturated carbocycles. The lowest BCUT2D eigenvalue weighted by molar-refractivity contribution is -0.141. The number of rotatable bonds is 4. The van der Waals surface area contributed by atoms with Crippen molar-refractivity contribution in [3.63, 3.8) is 0 Å². The SMILES string of the molecule is C=C(C)NC(=O)NCC(=O)OCC. The number of urea groups is 1. The van der Waals surface area contributed by atoms with E-state index < -0.39 is 12.0 Å². The van der Waals surface area contributed by atoms with Gasteiger partial charge >= 0.3 is 12.0 Å². The van der Waals surface area contributed by atoms with E-state index in [1.54, 1.807) is 13.8 Å². The van der Waals surface area contributed by atoms with Crippen LogP contribution in [0, 0.1) is 0 Å². The fourth-order valence-electron chi connectivity index (χ4n) is 0.602. The predicted octanol–water partition coefficient (Wildman–Crippen LogP) is 0.382. The molecule has 0 bridgehead atoms. The summed E-state index contributed by atoms with van der Waals surface area (Å²) in [6, 6.07) is -0.458. The lowest BCUT2D eigenvalue weighted by atomic mass is 10.5. The zero-order chi connectivity index (χ0) is 10.3. The molecule has 0 aliphatic carbocycles. The van der Waals surface area contributed by atoms with Gasteiger partial charge in [0.1, 0.15) is 6.54 Å². The summed E-state index contributed by atoms with van der Waals surface area (Å²) in [7, 11) is 0. The first-order valence-corrected chi connectivity index (χ1v) is 3.92. The van der Waals surface area contributed by atoms with Crippen molar-refractivity contribution in [1.29, 1.82) is 0 Å². The van der Waals surface area contributed by atoms with E-state index in [4.69, 9.17) is 0 Å². The highest BCUT2D eigenvalue weighted by Crippen LogP contribution is 1.79. The third-order valence-corrected chi connectivity index (χ3v) is 1.03. The van der Waals surface area contributed by atoms with Crippen molar-refractivity contribution in [2.75, 3.05) is 13.2 Å². The summed E-state index contributed by atoms with van der Waals surface area (Å²) in [5, 5.41) is 4.70. The van der Waals surface area contributed by atoms with E-state index >= 15 is 0 Å². The number of ether oxygens (including phenoxy) is 1. The molecule has 0 aliphatic rings. The summed E-state index contributed by atoms with van der Waals surface area (Å²) in [5.74, 6) is -0.459. The lowest BCUT2D eigenvalue weighted by Gasteiger charge is -2.05. The Bertz CT molecular complexity index is 213. The molecule has 0 aromatic heterocycles. The van der Waals surface area contributed by atoms with Gasteiger partial charge in [-0.1, -0.05) is 6.58 Å². The molecule has 0 aliphatic heterocycles. The van der Waals surface area contributed by atoms with Gasteiger partial charge in [-0.2, -0.15) is 0 Å². The molecule has 0 rings (SSSR count). The average molecular weight is 186 g/mol. The van der Waals surface area contributed by atoms with Crippen LogP contribution in [-0.2, 0) is 9.53 Å². The average Bonchev–Trinajstić information content (AvgIpc) is 2.00. The number of allylic oxidation sites excluding steroid dienone is 1. The second-order valence-electron chi connectivity index (χ2n) is 2.39. The first-order valence-electron chi connectivity index (χ1n) is 3.92. The van der Waals surface area contributed by atoms with Crippen molar-refractivity contribution in [2.24, 2.45) is 0 Å². The maximum Gasteiger partial charge on any atom is 0.325 e. The van der Waals surface area contributed by atoms with Gasteiger partial charge in [0.2, 0.25) is 0 Å². The van der Waals surface area contributed by atoms with E-state index in [9.17, 15) is 9.59 Å². The summed E-state index contributed by atoms with van der Waals surface area (Å²) in [6.45, 7) is 6.99. The molecule has 5 nitrogen and oxygen atoms in total. The van der Waals surface area contributed by atoms with Crippen LogP contribution in [0.3, 0.4) is 0 Å². The fourth-order valence-corrected chi connectivity index (χ4v) is 0.602. The summed E-state index contributed by atoms with van der Waals surface area (Å²) in [4.78, 5) is 21.6. The molecular formula is C8H14N2O3. The number of amides is 2. The van der Waals surface area contributed by atoms with Crippen LogP contribution < -0.4 is 10.6 Å². The molecule has 0 atom stereocenters. The van der Waals surface area contributed by atoms with Crippen molar-refractivity contribution < 1.29 is 14.3 Å². The second-order valence-corrected chi connectivity index (χ2v) is 2.39. The molecule has 0 aromatic carbocycles. The van der Waals surface area contributed by atoms with Crippen LogP contribution in [0.4, 0.5) is 4.79 Å². The molecule has 13 heavy (non-hydrogen) atoms. The first-order chi connectivity index (χ1) is 6.06. The van der Waals surface area contributed by atoms with E-state index in [0.29, 0.717) is 12.3 Å². The molecule has 2 amide bonds. The van der Waals surface area contributed by atoms with Gasteiger partial charge in [0.05, 0.1) is 6.61 Å². The minimum atomic E-state index is -0.459. The summed E-state index contributed by atoms with van der Waals surface area (Å²) in [5.41, 5.74) is 0.515. The van der Waals surface area contributed by atoms with Gasteiger partial charge in [-0.15, -0.1) is 0 Å². The standard InChI is InChI=1S/C8H14N2O3/c1-4-13-7(11)5-9-8(12)10-6(2)3/h2,4-5H2,1,3H3,(H2,9,10,12). The highest BCUT2D eigenvalue weighted by Gasteiger charge is 2.04. The zero-order valence-corrected chi connectivity index (χ0v) is 7.85. The number of hydrogen-bond acceptors (Lipinski definition) is 3. The molecule has 0 heterocycles. The van der Waals surface area contributed by atoms with E-state index in [1.165, 1.54) is 0 Å². The number of hydrogen-bond donors (Lipinski definition) is 2. The fraction of sp³-hybridized carbons (Fsp3) is 0.500. The van der Waals surface area contributed by atoms with Gasteiger partial charge in [0, 0.05) is 5.70 Å². The monoisotopic (exact) mass is 186 g/mol. The Morgan fingerprint density at radius 3 is 2.54 bits per heavy atom. The van der Waals surface area contributed by atoms with Crippen LogP contribution in [-0.4, -0.2) is 25.2 Å². The molecule has 5 heteroatoms. The Kier molecular flexibility index (Phi) is 5.34. The summed E-state index contributed by atoms with van der Waals surface area (Å²) < 4.78 is 4.59. The van der Waals surface area contributed by atoms with E-state index in [1.807, 2.05) is 0 Å². The maximum absolute atomic E-state index is 10.9. The minimum Gasteiger partial charge on any atom is -0.465 e. The highest BCUT2D eigenvalue weighted by molar-refractivity contribution is 5.81. The Morgan fingerprint density at radius 1 is 1.46 bits per heavy atom. The molecule has 0 fully saturated rings. The highest BCUT2D eigenvalue weighted by atomic mass is 16.5. The second kappa shape index (κ2) is 6.05. The predicted molar refractivity (Wildman–Crippen MR) is 48.0 cm³/mol. The van der Waals surface area contributed by atoms with Gasteiger partial charge in [0.15, 0.2) is 0 Å². The van der Waals surface area contributed by atoms with Gasteiger partial charge in [-0.05, 0) is 13.8 Å². The first kappa shape index (κ1) is 11.5. The van der Waals surface area contributed by atoms with Crippen LogP contribution in [0.1, 0.15) is 13.8 Å². The van der Waals surface area contributed by atoms with Gasteiger partial charge in [0.25, 0.3) is 0 Å². The van der Waals surface area contributed by atoms with Crippen LogP contribution in [0.15, 0.2) is 12.3 Å². The smallest absolute Gasteiger partial charge is 0.325 e. The van der Waals surface area contributed by atoms with Crippen LogP contribution in [0.5, 0.6) is 0 Å². The Morgan fingerprint density at radius 2 is 2.08 bits per heavy atom. The van der Waals surface area contributed by atoms with E-state index in [0.717, 1.165) is 0 Å². The lowest BCUT2D eigenvalue weighted by Crippen LogP contribution is -2.37. The summed E-state index contributed by atoms with van der Waals surface area (Å²) >= 11 is 0. The number of esters is 1. The van der Waals surface area contributed by atoms with Crippen molar-refractivity contribution in [3.05, 3.63) is 12.3 Å². The molecule has 0 aromatic rings. The molecule has 2 N–H and O–H groups in total. The van der Waals surface area contributed by atoms with Gasteiger partial charge in [-0.3, -0.25) is 4.79 Å². The Balaban J connectivity index is 3.58. The Hall–Kier alpha value is -1.52. The summed E-state index contributed by atoms with van der Waals surface area (Å²) in [6.07, 6.45) is 0.